The van der Waals surface area contributed by atoms with Crippen molar-refractivity contribution in [1.29, 1.82) is 0 Å². The van der Waals surface area contributed by atoms with Gasteiger partial charge in [-0.1, -0.05) is 12.2 Å². The van der Waals surface area contributed by atoms with Crippen LogP contribution < -0.4 is 15.2 Å². The van der Waals surface area contributed by atoms with Crippen LogP contribution in [0, 0.1) is 0 Å². The van der Waals surface area contributed by atoms with Crippen molar-refractivity contribution in [2.24, 2.45) is 5.73 Å². The summed E-state index contributed by atoms with van der Waals surface area (Å²) < 4.78 is 10.2. The molecule has 0 unspecified atom stereocenters. The quantitative estimate of drug-likeness (QED) is 0.809. The number of nitrogens with two attached hydrogens (primary N) is 1. The zero-order valence-corrected chi connectivity index (χ0v) is 11.4. The van der Waals surface area contributed by atoms with Gasteiger partial charge in [-0.15, -0.1) is 0 Å². The van der Waals surface area contributed by atoms with Crippen molar-refractivity contribution in [2.75, 3.05) is 27.8 Å². The number of ether oxygens (including phenoxy) is 2. The van der Waals surface area contributed by atoms with Crippen LogP contribution in [0.25, 0.3) is 0 Å². The third kappa shape index (κ3) is 3.33. The molecule has 1 aromatic rings. The number of hydrogen-bond acceptors (Lipinski definition) is 4. The minimum absolute atomic E-state index is 0.206. The minimum atomic E-state index is -0.206. The molecule has 0 saturated heterocycles. The van der Waals surface area contributed by atoms with E-state index in [1.54, 1.807) is 32.4 Å². The van der Waals surface area contributed by atoms with E-state index < -0.39 is 0 Å². The molecular weight excluding hydrogens is 252 g/mol. The maximum absolute atomic E-state index is 12.1. The van der Waals surface area contributed by atoms with Gasteiger partial charge in [-0.25, -0.2) is 0 Å². The molecule has 0 atom stereocenters. The smallest absolute Gasteiger partial charge is 0.257 e. The number of carbonyl (C=O) groups excluding carboxylic acids is 1. The van der Waals surface area contributed by atoms with E-state index in [1.807, 2.05) is 0 Å². The van der Waals surface area contributed by atoms with Crippen LogP contribution in [0.15, 0.2) is 18.2 Å². The van der Waals surface area contributed by atoms with Crippen molar-refractivity contribution in [3.63, 3.8) is 0 Å². The fourth-order valence-corrected chi connectivity index (χ4v) is 1.68. The van der Waals surface area contributed by atoms with E-state index in [0.717, 1.165) is 0 Å². The fraction of sp³-hybridized carbons (Fsp3) is 0.333. The zero-order chi connectivity index (χ0) is 13.7. The molecule has 0 saturated carbocycles. The highest BCUT2D eigenvalue weighted by molar-refractivity contribution is 7.80. The van der Waals surface area contributed by atoms with Crippen LogP contribution in [0.4, 0.5) is 0 Å². The average molecular weight is 268 g/mol. The Morgan fingerprint density at radius 1 is 1.39 bits per heavy atom. The lowest BCUT2D eigenvalue weighted by atomic mass is 10.1. The number of benzene rings is 1. The Balaban J connectivity index is 3.01. The number of hydrogen-bond donors (Lipinski definition) is 1. The monoisotopic (exact) mass is 268 g/mol. The third-order valence-electron chi connectivity index (χ3n) is 2.38. The molecule has 0 fully saturated rings. The maximum Gasteiger partial charge on any atom is 0.257 e. The second-order valence-corrected chi connectivity index (χ2v) is 4.22. The summed E-state index contributed by atoms with van der Waals surface area (Å²) in [4.78, 5) is 13.8. The van der Waals surface area contributed by atoms with Crippen LogP contribution in [-0.2, 0) is 0 Å². The lowest BCUT2D eigenvalue weighted by Crippen LogP contribution is -2.34. The van der Waals surface area contributed by atoms with E-state index in [4.69, 9.17) is 27.4 Å². The average Bonchev–Trinajstić information content (AvgIpc) is 2.36. The molecular formula is C12H16N2O3S. The molecule has 6 heteroatoms. The van der Waals surface area contributed by atoms with Crippen LogP contribution in [0.1, 0.15) is 10.4 Å². The summed E-state index contributed by atoms with van der Waals surface area (Å²) in [5.74, 6) is 0.872. The van der Waals surface area contributed by atoms with Crippen molar-refractivity contribution in [3.05, 3.63) is 23.8 Å². The topological polar surface area (TPSA) is 64.8 Å². The predicted molar refractivity (Wildman–Crippen MR) is 73.3 cm³/mol. The molecule has 1 amide bonds. The molecule has 0 aliphatic carbocycles. The maximum atomic E-state index is 12.1. The largest absolute Gasteiger partial charge is 0.497 e. The van der Waals surface area contributed by atoms with Gasteiger partial charge in [0.2, 0.25) is 0 Å². The number of amides is 1. The van der Waals surface area contributed by atoms with Gasteiger partial charge in [0.1, 0.15) is 11.5 Å². The van der Waals surface area contributed by atoms with Gasteiger partial charge in [-0.05, 0) is 12.1 Å². The van der Waals surface area contributed by atoms with Crippen molar-refractivity contribution < 1.29 is 14.3 Å². The summed E-state index contributed by atoms with van der Waals surface area (Å²) in [5.41, 5.74) is 5.85. The summed E-state index contributed by atoms with van der Waals surface area (Å²) in [5, 5.41) is 0. The van der Waals surface area contributed by atoms with Crippen LogP contribution in [-0.4, -0.2) is 43.6 Å². The number of rotatable bonds is 5. The Morgan fingerprint density at radius 3 is 2.56 bits per heavy atom. The second-order valence-electron chi connectivity index (χ2n) is 3.69. The third-order valence-corrected chi connectivity index (χ3v) is 2.51. The van der Waals surface area contributed by atoms with Gasteiger partial charge in [0.25, 0.3) is 5.91 Å². The molecule has 1 rings (SSSR count). The lowest BCUT2D eigenvalue weighted by Gasteiger charge is -2.18. The Kier molecular flexibility index (Phi) is 4.91. The molecule has 0 radical (unpaired) electrons. The van der Waals surface area contributed by atoms with E-state index in [-0.39, 0.29) is 17.4 Å². The van der Waals surface area contributed by atoms with Crippen molar-refractivity contribution in [2.45, 2.75) is 0 Å². The predicted octanol–water partition coefficient (Wildman–Crippen LogP) is 1.06. The Morgan fingerprint density at radius 2 is 2.06 bits per heavy atom. The Labute approximate surface area is 111 Å². The molecule has 0 aromatic heterocycles. The lowest BCUT2D eigenvalue weighted by molar-refractivity contribution is 0.0811. The molecule has 1 aromatic carbocycles. The van der Waals surface area contributed by atoms with E-state index >= 15 is 0 Å². The van der Waals surface area contributed by atoms with Crippen molar-refractivity contribution in [1.82, 2.24) is 4.90 Å². The number of nitrogens with zero attached hydrogens (tertiary/aromatic N) is 1. The first kappa shape index (κ1) is 14.2. The van der Waals surface area contributed by atoms with Crippen LogP contribution in [0.5, 0.6) is 11.5 Å². The zero-order valence-electron chi connectivity index (χ0n) is 10.6. The number of likely N-dealkylation sites (N-methyl/N-ethyl adjacent to an activating group) is 1. The van der Waals surface area contributed by atoms with Crippen LogP contribution >= 0.6 is 12.2 Å². The first-order valence-electron chi connectivity index (χ1n) is 5.25. The highest BCUT2D eigenvalue weighted by Crippen LogP contribution is 2.25. The van der Waals surface area contributed by atoms with Crippen molar-refractivity contribution >= 4 is 23.1 Å². The molecule has 98 valence electrons. The highest BCUT2D eigenvalue weighted by atomic mass is 32.1. The molecule has 0 aliphatic heterocycles. The normalized spacial score (nSPS) is 9.72. The second kappa shape index (κ2) is 6.20. The first-order chi connectivity index (χ1) is 8.49. The van der Waals surface area contributed by atoms with Crippen molar-refractivity contribution in [3.8, 4) is 11.5 Å². The molecule has 0 spiro atoms. The van der Waals surface area contributed by atoms with Gasteiger partial charge in [0.05, 0.1) is 31.3 Å². The van der Waals surface area contributed by atoms with Crippen LogP contribution in [0.2, 0.25) is 0 Å². The molecule has 2 N–H and O–H groups in total. The number of methoxy groups -OCH3 is 2. The van der Waals surface area contributed by atoms with Gasteiger partial charge in [-0.2, -0.15) is 0 Å². The van der Waals surface area contributed by atoms with E-state index in [1.165, 1.54) is 12.0 Å². The molecule has 0 heterocycles. The van der Waals surface area contributed by atoms with E-state index in [9.17, 15) is 4.79 Å². The van der Waals surface area contributed by atoms with Gasteiger partial charge in [0.15, 0.2) is 0 Å². The molecule has 5 nitrogen and oxygen atoms in total. The standard InChI is InChI=1S/C12H16N2O3S/c1-14(7-11(13)18)12(15)9-5-4-8(16-2)6-10(9)17-3/h4-6H,7H2,1-3H3,(H2,13,18). The Hall–Kier alpha value is -1.82. The molecule has 0 bridgehead atoms. The molecule has 18 heavy (non-hydrogen) atoms. The van der Waals surface area contributed by atoms with Crippen LogP contribution in [0.3, 0.4) is 0 Å². The van der Waals surface area contributed by atoms with Gasteiger partial charge in [-0.3, -0.25) is 4.79 Å². The van der Waals surface area contributed by atoms with E-state index in [0.29, 0.717) is 17.1 Å². The summed E-state index contributed by atoms with van der Waals surface area (Å²) in [6, 6.07) is 5.00. The first-order valence-corrected chi connectivity index (χ1v) is 5.66. The Bertz CT molecular complexity index is 463. The highest BCUT2D eigenvalue weighted by Gasteiger charge is 2.17. The summed E-state index contributed by atoms with van der Waals surface area (Å²) >= 11 is 4.77. The summed E-state index contributed by atoms with van der Waals surface area (Å²) in [6.07, 6.45) is 0. The van der Waals surface area contributed by atoms with Gasteiger partial charge in [0, 0.05) is 13.1 Å². The number of carbonyl (C=O) groups is 1. The molecule has 0 aliphatic rings. The van der Waals surface area contributed by atoms with E-state index in [2.05, 4.69) is 0 Å². The summed E-state index contributed by atoms with van der Waals surface area (Å²) in [6.45, 7) is 0.226. The minimum Gasteiger partial charge on any atom is -0.497 e. The van der Waals surface area contributed by atoms with Gasteiger partial charge < -0.3 is 20.1 Å². The van der Waals surface area contributed by atoms with Gasteiger partial charge >= 0.3 is 0 Å². The number of thiocarbonyl (C=S) groups is 1. The SMILES string of the molecule is COc1ccc(C(=O)N(C)CC(N)=S)c(OC)c1. The fourth-order valence-electron chi connectivity index (χ4n) is 1.49. The summed E-state index contributed by atoms with van der Waals surface area (Å²) in [7, 11) is 4.68.